The van der Waals surface area contributed by atoms with Crippen LogP contribution in [-0.2, 0) is 16.6 Å². The van der Waals surface area contributed by atoms with E-state index in [0.717, 1.165) is 16.5 Å². The molecular formula is C20H21NO3S. The molecule has 25 heavy (non-hydrogen) atoms. The smallest absolute Gasteiger partial charge is 0.241 e. The maximum Gasteiger partial charge on any atom is 0.241 e. The summed E-state index contributed by atoms with van der Waals surface area (Å²) in [6.45, 7) is 4.69. The summed E-state index contributed by atoms with van der Waals surface area (Å²) in [6.07, 6.45) is 0. The zero-order valence-electron chi connectivity index (χ0n) is 14.3. The van der Waals surface area contributed by atoms with Crippen molar-refractivity contribution in [2.24, 2.45) is 0 Å². The molecule has 0 aliphatic carbocycles. The van der Waals surface area contributed by atoms with E-state index in [1.165, 1.54) is 0 Å². The van der Waals surface area contributed by atoms with E-state index in [1.807, 2.05) is 56.3 Å². The van der Waals surface area contributed by atoms with Crippen LogP contribution in [0.4, 0.5) is 0 Å². The van der Waals surface area contributed by atoms with Gasteiger partial charge in [0.25, 0.3) is 0 Å². The van der Waals surface area contributed by atoms with Gasteiger partial charge < -0.3 is 4.74 Å². The molecule has 0 bridgehead atoms. The van der Waals surface area contributed by atoms with E-state index in [1.54, 1.807) is 18.2 Å². The Hall–Kier alpha value is -2.37. The summed E-state index contributed by atoms with van der Waals surface area (Å²) < 4.78 is 33.9. The molecular weight excluding hydrogens is 334 g/mol. The SMILES string of the molecule is CCOc1ccc(S(=O)(=O)NCc2ccc(C)cc2)c2ccccc12. The topological polar surface area (TPSA) is 55.4 Å². The van der Waals surface area contributed by atoms with Gasteiger partial charge >= 0.3 is 0 Å². The van der Waals surface area contributed by atoms with Gasteiger partial charge in [-0.15, -0.1) is 0 Å². The third-order valence-corrected chi connectivity index (χ3v) is 5.48. The summed E-state index contributed by atoms with van der Waals surface area (Å²) in [5, 5.41) is 1.45. The number of hydrogen-bond donors (Lipinski definition) is 1. The Kier molecular flexibility index (Phi) is 5.06. The monoisotopic (exact) mass is 355 g/mol. The second kappa shape index (κ2) is 7.25. The molecule has 0 saturated carbocycles. The number of ether oxygens (including phenoxy) is 1. The van der Waals surface area contributed by atoms with Gasteiger partial charge in [0, 0.05) is 17.3 Å². The summed E-state index contributed by atoms with van der Waals surface area (Å²) in [4.78, 5) is 0.263. The van der Waals surface area contributed by atoms with Gasteiger partial charge in [0.05, 0.1) is 11.5 Å². The van der Waals surface area contributed by atoms with Crippen LogP contribution >= 0.6 is 0 Å². The number of rotatable bonds is 6. The fourth-order valence-electron chi connectivity index (χ4n) is 2.72. The van der Waals surface area contributed by atoms with E-state index < -0.39 is 10.0 Å². The molecule has 3 aromatic carbocycles. The molecule has 4 nitrogen and oxygen atoms in total. The molecule has 0 radical (unpaired) electrons. The maximum atomic E-state index is 12.8. The van der Waals surface area contributed by atoms with Gasteiger partial charge in [0.2, 0.25) is 10.0 Å². The molecule has 130 valence electrons. The highest BCUT2D eigenvalue weighted by atomic mass is 32.2. The molecule has 0 aliphatic heterocycles. The molecule has 0 saturated heterocycles. The van der Waals surface area contributed by atoms with E-state index in [4.69, 9.17) is 4.74 Å². The van der Waals surface area contributed by atoms with Crippen LogP contribution in [0.3, 0.4) is 0 Å². The Bertz CT molecular complexity index is 979. The van der Waals surface area contributed by atoms with Crippen molar-refractivity contribution in [2.75, 3.05) is 6.61 Å². The predicted octanol–water partition coefficient (Wildman–Crippen LogP) is 4.03. The zero-order valence-corrected chi connectivity index (χ0v) is 15.1. The Labute approximate surface area is 148 Å². The van der Waals surface area contributed by atoms with Gasteiger partial charge in [-0.3, -0.25) is 0 Å². The van der Waals surface area contributed by atoms with Crippen LogP contribution in [0.2, 0.25) is 0 Å². The van der Waals surface area contributed by atoms with Crippen molar-refractivity contribution in [3.63, 3.8) is 0 Å². The first-order valence-corrected chi connectivity index (χ1v) is 9.69. The normalized spacial score (nSPS) is 11.6. The lowest BCUT2D eigenvalue weighted by Crippen LogP contribution is -2.23. The summed E-state index contributed by atoms with van der Waals surface area (Å²) >= 11 is 0. The number of benzene rings is 3. The quantitative estimate of drug-likeness (QED) is 0.726. The minimum absolute atomic E-state index is 0.254. The lowest BCUT2D eigenvalue weighted by atomic mass is 10.1. The second-order valence-corrected chi connectivity index (χ2v) is 7.59. The molecule has 0 fully saturated rings. The van der Waals surface area contributed by atoms with E-state index in [9.17, 15) is 8.42 Å². The molecule has 0 aromatic heterocycles. The first kappa shape index (κ1) is 17.5. The molecule has 3 rings (SSSR count). The minimum atomic E-state index is -3.63. The van der Waals surface area contributed by atoms with Crippen LogP contribution in [0.25, 0.3) is 10.8 Å². The van der Waals surface area contributed by atoms with Gasteiger partial charge in [-0.25, -0.2) is 13.1 Å². The van der Waals surface area contributed by atoms with Gasteiger partial charge in [0.15, 0.2) is 0 Å². The largest absolute Gasteiger partial charge is 0.493 e. The average molecular weight is 355 g/mol. The van der Waals surface area contributed by atoms with Gasteiger partial charge in [-0.1, -0.05) is 54.1 Å². The van der Waals surface area contributed by atoms with Crippen molar-refractivity contribution in [1.82, 2.24) is 4.72 Å². The first-order valence-electron chi connectivity index (χ1n) is 8.21. The van der Waals surface area contributed by atoms with Crippen molar-refractivity contribution >= 4 is 20.8 Å². The van der Waals surface area contributed by atoms with E-state index in [-0.39, 0.29) is 11.4 Å². The Morgan fingerprint density at radius 1 is 0.920 bits per heavy atom. The molecule has 0 aliphatic rings. The van der Waals surface area contributed by atoms with Crippen molar-refractivity contribution in [3.05, 3.63) is 71.8 Å². The van der Waals surface area contributed by atoms with Crippen molar-refractivity contribution in [3.8, 4) is 5.75 Å². The van der Waals surface area contributed by atoms with Crippen LogP contribution < -0.4 is 9.46 Å². The second-order valence-electron chi connectivity index (χ2n) is 5.85. The Morgan fingerprint density at radius 2 is 1.60 bits per heavy atom. The Balaban J connectivity index is 1.94. The van der Waals surface area contributed by atoms with Crippen LogP contribution in [0.5, 0.6) is 5.75 Å². The highest BCUT2D eigenvalue weighted by Gasteiger charge is 2.18. The van der Waals surface area contributed by atoms with Crippen LogP contribution in [0.1, 0.15) is 18.1 Å². The molecule has 5 heteroatoms. The van der Waals surface area contributed by atoms with Crippen LogP contribution in [0, 0.1) is 6.92 Å². The summed E-state index contributed by atoms with van der Waals surface area (Å²) in [5.41, 5.74) is 2.06. The third-order valence-electron chi connectivity index (χ3n) is 4.02. The highest BCUT2D eigenvalue weighted by Crippen LogP contribution is 2.31. The van der Waals surface area contributed by atoms with Crippen molar-refractivity contribution < 1.29 is 13.2 Å². The fraction of sp³-hybridized carbons (Fsp3) is 0.200. The molecule has 0 spiro atoms. The maximum absolute atomic E-state index is 12.8. The first-order chi connectivity index (χ1) is 12.0. The van der Waals surface area contributed by atoms with Crippen molar-refractivity contribution in [2.45, 2.75) is 25.3 Å². The third kappa shape index (κ3) is 3.83. The fourth-order valence-corrected chi connectivity index (χ4v) is 3.95. The summed E-state index contributed by atoms with van der Waals surface area (Å²) in [6, 6.07) is 18.5. The number of aryl methyl sites for hydroxylation is 1. The van der Waals surface area contributed by atoms with Gasteiger partial charge in [-0.05, 0) is 31.5 Å². The number of sulfonamides is 1. The van der Waals surface area contributed by atoms with Crippen LogP contribution in [-0.4, -0.2) is 15.0 Å². The van der Waals surface area contributed by atoms with Gasteiger partial charge in [-0.2, -0.15) is 0 Å². The van der Waals surface area contributed by atoms with E-state index in [2.05, 4.69) is 4.72 Å². The number of fused-ring (bicyclic) bond motifs is 1. The summed E-state index contributed by atoms with van der Waals surface area (Å²) in [5.74, 6) is 0.690. The number of hydrogen-bond acceptors (Lipinski definition) is 3. The van der Waals surface area contributed by atoms with Gasteiger partial charge in [0.1, 0.15) is 5.75 Å². The lowest BCUT2D eigenvalue weighted by molar-refractivity contribution is 0.344. The molecule has 1 N–H and O–H groups in total. The summed E-state index contributed by atoms with van der Waals surface area (Å²) in [7, 11) is -3.63. The van der Waals surface area contributed by atoms with Crippen molar-refractivity contribution in [1.29, 1.82) is 0 Å². The van der Waals surface area contributed by atoms with E-state index in [0.29, 0.717) is 17.7 Å². The minimum Gasteiger partial charge on any atom is -0.493 e. The predicted molar refractivity (Wildman–Crippen MR) is 100 cm³/mol. The molecule has 0 atom stereocenters. The molecule has 0 amide bonds. The average Bonchev–Trinajstić information content (AvgIpc) is 2.61. The molecule has 0 unspecified atom stereocenters. The van der Waals surface area contributed by atoms with Crippen LogP contribution in [0.15, 0.2) is 65.6 Å². The van der Waals surface area contributed by atoms with E-state index >= 15 is 0 Å². The standard InChI is InChI=1S/C20H21NO3S/c1-3-24-19-12-13-20(18-7-5-4-6-17(18)19)25(22,23)21-14-16-10-8-15(2)9-11-16/h4-13,21H,3,14H2,1-2H3. The molecule has 0 heterocycles. The Morgan fingerprint density at radius 3 is 2.28 bits per heavy atom. The molecule has 3 aromatic rings. The zero-order chi connectivity index (χ0) is 17.9. The number of nitrogens with one attached hydrogen (secondary N) is 1. The highest BCUT2D eigenvalue weighted by molar-refractivity contribution is 7.89. The lowest BCUT2D eigenvalue weighted by Gasteiger charge is -2.13.